The zero-order valence-corrected chi connectivity index (χ0v) is 15.0. The Morgan fingerprint density at radius 2 is 2.20 bits per heavy atom. The summed E-state index contributed by atoms with van der Waals surface area (Å²) in [7, 11) is -3.43. The Kier molecular flexibility index (Phi) is 5.64. The largest absolute Gasteiger partial charge is 0.312 e. The fourth-order valence-electron chi connectivity index (χ4n) is 2.50. The van der Waals surface area contributed by atoms with Crippen LogP contribution in [-0.4, -0.2) is 21.0 Å². The second-order valence-electron chi connectivity index (χ2n) is 5.27. The zero-order chi connectivity index (χ0) is 14.8. The topological polar surface area (TPSA) is 58.2 Å². The standard InChI is InChI=1S/C13H21BrN2O2S2/c1-3-15-8-10-7-12(13(14)19-10)20(17,18)16-11-6-4-5-9(11)2/h7,9,11,15-16H,3-6,8H2,1-2H3. The fraction of sp³-hybridized carbons (Fsp3) is 0.692. The number of nitrogens with one attached hydrogen (secondary N) is 2. The lowest BCUT2D eigenvalue weighted by molar-refractivity contribution is 0.476. The molecule has 7 heteroatoms. The van der Waals surface area contributed by atoms with Crippen LogP contribution in [0.15, 0.2) is 14.7 Å². The molecule has 1 aromatic rings. The van der Waals surface area contributed by atoms with Crippen LogP contribution in [0, 0.1) is 5.92 Å². The summed E-state index contributed by atoms with van der Waals surface area (Å²) in [5.74, 6) is 0.420. The average Bonchev–Trinajstić information content (AvgIpc) is 2.94. The van der Waals surface area contributed by atoms with Crippen LogP contribution in [0.1, 0.15) is 38.0 Å². The second-order valence-corrected chi connectivity index (χ2v) is 9.40. The molecule has 2 rings (SSSR count). The maximum Gasteiger partial charge on any atom is 0.242 e. The van der Waals surface area contributed by atoms with Gasteiger partial charge in [0.15, 0.2) is 0 Å². The van der Waals surface area contributed by atoms with Crippen molar-refractivity contribution in [3.05, 3.63) is 14.7 Å². The van der Waals surface area contributed by atoms with Crippen LogP contribution in [-0.2, 0) is 16.6 Å². The minimum absolute atomic E-state index is 0.0732. The molecule has 20 heavy (non-hydrogen) atoms. The van der Waals surface area contributed by atoms with Gasteiger partial charge in [0.05, 0.1) is 3.79 Å². The zero-order valence-electron chi connectivity index (χ0n) is 11.8. The van der Waals surface area contributed by atoms with Crippen molar-refractivity contribution < 1.29 is 8.42 Å². The third kappa shape index (κ3) is 3.82. The molecule has 1 aliphatic rings. The summed E-state index contributed by atoms with van der Waals surface area (Å²) < 4.78 is 28.5. The van der Waals surface area contributed by atoms with Gasteiger partial charge >= 0.3 is 0 Å². The van der Waals surface area contributed by atoms with Crippen LogP contribution >= 0.6 is 27.3 Å². The molecule has 2 unspecified atom stereocenters. The molecular formula is C13H21BrN2O2S2. The van der Waals surface area contributed by atoms with Gasteiger partial charge in [0, 0.05) is 17.5 Å². The summed E-state index contributed by atoms with van der Waals surface area (Å²) in [5.41, 5.74) is 0. The molecule has 0 aromatic carbocycles. The smallest absolute Gasteiger partial charge is 0.242 e. The third-order valence-corrected chi connectivity index (χ3v) is 7.46. The highest BCUT2D eigenvalue weighted by atomic mass is 79.9. The van der Waals surface area contributed by atoms with Crippen molar-refractivity contribution in [3.8, 4) is 0 Å². The molecule has 4 nitrogen and oxygen atoms in total. The van der Waals surface area contributed by atoms with E-state index in [9.17, 15) is 8.42 Å². The van der Waals surface area contributed by atoms with Crippen molar-refractivity contribution >= 4 is 37.3 Å². The van der Waals surface area contributed by atoms with E-state index >= 15 is 0 Å². The van der Waals surface area contributed by atoms with E-state index in [-0.39, 0.29) is 6.04 Å². The molecule has 114 valence electrons. The predicted molar refractivity (Wildman–Crippen MR) is 86.5 cm³/mol. The Balaban J connectivity index is 2.14. The maximum absolute atomic E-state index is 12.5. The molecule has 1 aliphatic carbocycles. The number of rotatable bonds is 6. The lowest BCUT2D eigenvalue weighted by atomic mass is 10.1. The summed E-state index contributed by atoms with van der Waals surface area (Å²) in [6.07, 6.45) is 3.14. The molecule has 0 bridgehead atoms. The summed E-state index contributed by atoms with van der Waals surface area (Å²) in [4.78, 5) is 1.40. The summed E-state index contributed by atoms with van der Waals surface area (Å²) >= 11 is 4.86. The molecule has 1 aromatic heterocycles. The summed E-state index contributed by atoms with van der Waals surface area (Å²) in [6.45, 7) is 5.72. The SMILES string of the molecule is CCNCc1cc(S(=O)(=O)NC2CCCC2C)c(Br)s1. The van der Waals surface area contributed by atoms with Crippen LogP contribution in [0.3, 0.4) is 0 Å². The fourth-order valence-corrected chi connectivity index (χ4v) is 6.53. The monoisotopic (exact) mass is 380 g/mol. The van der Waals surface area contributed by atoms with E-state index in [1.54, 1.807) is 6.07 Å². The van der Waals surface area contributed by atoms with Gasteiger partial charge in [0.1, 0.15) is 4.90 Å². The molecular weight excluding hydrogens is 360 g/mol. The van der Waals surface area contributed by atoms with E-state index in [1.165, 1.54) is 11.3 Å². The molecule has 1 heterocycles. The van der Waals surface area contributed by atoms with Crippen molar-refractivity contribution in [1.82, 2.24) is 10.0 Å². The first kappa shape index (κ1) is 16.4. The Hall–Kier alpha value is 0.0500. The number of hydrogen-bond acceptors (Lipinski definition) is 4. The summed E-state index contributed by atoms with van der Waals surface area (Å²) in [6, 6.07) is 1.84. The van der Waals surface area contributed by atoms with Crippen LogP contribution < -0.4 is 10.0 Å². The highest BCUT2D eigenvalue weighted by molar-refractivity contribution is 9.11. The molecule has 0 radical (unpaired) electrons. The van der Waals surface area contributed by atoms with E-state index < -0.39 is 10.0 Å². The lowest BCUT2D eigenvalue weighted by Crippen LogP contribution is -2.36. The van der Waals surface area contributed by atoms with Gasteiger partial charge in [-0.05, 0) is 47.3 Å². The molecule has 0 saturated heterocycles. The van der Waals surface area contributed by atoms with Gasteiger partial charge in [-0.25, -0.2) is 13.1 Å². The van der Waals surface area contributed by atoms with Gasteiger partial charge in [-0.2, -0.15) is 0 Å². The van der Waals surface area contributed by atoms with Crippen LogP contribution in [0.5, 0.6) is 0 Å². The normalized spacial score (nSPS) is 23.4. The molecule has 0 amide bonds. The van der Waals surface area contributed by atoms with Crippen molar-refractivity contribution in [2.75, 3.05) is 6.54 Å². The van der Waals surface area contributed by atoms with E-state index in [0.29, 0.717) is 21.1 Å². The predicted octanol–water partition coefficient (Wildman–Crippen LogP) is 3.09. The molecule has 0 spiro atoms. The van der Waals surface area contributed by atoms with E-state index in [4.69, 9.17) is 0 Å². The van der Waals surface area contributed by atoms with Crippen molar-refractivity contribution in [1.29, 1.82) is 0 Å². The quantitative estimate of drug-likeness (QED) is 0.796. The molecule has 1 fully saturated rings. The Bertz CT molecular complexity index is 557. The van der Waals surface area contributed by atoms with Crippen molar-refractivity contribution in [2.45, 2.75) is 50.6 Å². The molecule has 1 saturated carbocycles. The van der Waals surface area contributed by atoms with Gasteiger partial charge in [-0.3, -0.25) is 0 Å². The Morgan fingerprint density at radius 3 is 2.80 bits per heavy atom. The van der Waals surface area contributed by atoms with E-state index in [2.05, 4.69) is 32.9 Å². The van der Waals surface area contributed by atoms with Crippen molar-refractivity contribution in [2.24, 2.45) is 5.92 Å². The van der Waals surface area contributed by atoms with Gasteiger partial charge in [0.2, 0.25) is 10.0 Å². The molecule has 2 atom stereocenters. The maximum atomic E-state index is 12.5. The first-order valence-electron chi connectivity index (χ1n) is 6.95. The molecule has 0 aliphatic heterocycles. The first-order chi connectivity index (χ1) is 9.44. The van der Waals surface area contributed by atoms with Crippen LogP contribution in [0.4, 0.5) is 0 Å². The van der Waals surface area contributed by atoms with E-state index in [1.807, 2.05) is 6.92 Å². The number of halogens is 1. The van der Waals surface area contributed by atoms with Gasteiger partial charge < -0.3 is 5.32 Å². The number of thiophene rings is 1. The second kappa shape index (κ2) is 6.87. The minimum Gasteiger partial charge on any atom is -0.312 e. The Morgan fingerprint density at radius 1 is 1.45 bits per heavy atom. The lowest BCUT2D eigenvalue weighted by Gasteiger charge is -2.16. The van der Waals surface area contributed by atoms with Gasteiger partial charge in [-0.15, -0.1) is 11.3 Å². The number of hydrogen-bond donors (Lipinski definition) is 2. The van der Waals surface area contributed by atoms with Gasteiger partial charge in [-0.1, -0.05) is 20.3 Å². The highest BCUT2D eigenvalue weighted by Gasteiger charge is 2.30. The Labute approximate surface area is 133 Å². The minimum atomic E-state index is -3.43. The average molecular weight is 381 g/mol. The van der Waals surface area contributed by atoms with Crippen molar-refractivity contribution in [3.63, 3.8) is 0 Å². The highest BCUT2D eigenvalue weighted by Crippen LogP contribution is 2.33. The first-order valence-corrected chi connectivity index (χ1v) is 10.0. The van der Waals surface area contributed by atoms with E-state index in [0.717, 1.165) is 30.7 Å². The van der Waals surface area contributed by atoms with Crippen LogP contribution in [0.2, 0.25) is 0 Å². The third-order valence-electron chi connectivity index (χ3n) is 3.71. The van der Waals surface area contributed by atoms with Crippen LogP contribution in [0.25, 0.3) is 0 Å². The molecule has 2 N–H and O–H groups in total. The number of sulfonamides is 1. The summed E-state index contributed by atoms with van der Waals surface area (Å²) in [5, 5.41) is 3.21. The van der Waals surface area contributed by atoms with Gasteiger partial charge in [0.25, 0.3) is 0 Å².